The number of nitrogens with zero attached hydrogens (tertiary/aromatic N) is 3. The van der Waals surface area contributed by atoms with Crippen molar-refractivity contribution < 1.29 is 24.5 Å². The van der Waals surface area contributed by atoms with E-state index in [1.165, 1.54) is 17.6 Å². The van der Waals surface area contributed by atoms with Crippen LogP contribution in [-0.4, -0.2) is 53.1 Å². The Labute approximate surface area is 200 Å². The lowest BCUT2D eigenvalue weighted by atomic mass is 10.1. The highest BCUT2D eigenvalue weighted by atomic mass is 16.6. The van der Waals surface area contributed by atoms with Gasteiger partial charge in [-0.3, -0.25) is 20.1 Å². The predicted molar refractivity (Wildman–Crippen MR) is 128 cm³/mol. The average molecular weight is 477 g/mol. The molecule has 11 nitrogen and oxygen atoms in total. The third-order valence-corrected chi connectivity index (χ3v) is 5.53. The molecule has 1 aliphatic heterocycles. The molecule has 0 spiro atoms. The maximum absolute atomic E-state index is 12.7. The van der Waals surface area contributed by atoms with E-state index in [0.717, 1.165) is 6.07 Å². The molecule has 35 heavy (non-hydrogen) atoms. The van der Waals surface area contributed by atoms with Crippen LogP contribution >= 0.6 is 0 Å². The molecule has 0 saturated carbocycles. The van der Waals surface area contributed by atoms with Gasteiger partial charge in [0.1, 0.15) is 17.2 Å². The summed E-state index contributed by atoms with van der Waals surface area (Å²) in [5, 5.41) is 23.1. The Hall–Kier alpha value is -4.64. The Morgan fingerprint density at radius 2 is 1.57 bits per heavy atom. The smallest absolute Gasteiger partial charge is 0.321 e. The van der Waals surface area contributed by atoms with Crippen molar-refractivity contribution in [3.63, 3.8) is 0 Å². The third-order valence-electron chi connectivity index (χ3n) is 5.53. The maximum Gasteiger partial charge on any atom is 0.321 e. The van der Waals surface area contributed by atoms with Gasteiger partial charge in [0, 0.05) is 43.5 Å². The first-order chi connectivity index (χ1) is 16.9. The number of hydrogen-bond acceptors (Lipinski definition) is 7. The lowest BCUT2D eigenvalue weighted by Gasteiger charge is -2.35. The van der Waals surface area contributed by atoms with Crippen molar-refractivity contribution in [1.29, 1.82) is 0 Å². The Kier molecular flexibility index (Phi) is 7.07. The molecular weight excluding hydrogens is 454 g/mol. The zero-order valence-corrected chi connectivity index (χ0v) is 18.6. The summed E-state index contributed by atoms with van der Waals surface area (Å²) in [5.41, 5.74) is 2.15. The van der Waals surface area contributed by atoms with Gasteiger partial charge in [-0.25, -0.2) is 10.3 Å². The lowest BCUT2D eigenvalue weighted by molar-refractivity contribution is -0.384. The summed E-state index contributed by atoms with van der Waals surface area (Å²) in [6, 6.07) is 20.1. The van der Waals surface area contributed by atoms with Crippen LogP contribution in [0.2, 0.25) is 0 Å². The van der Waals surface area contributed by atoms with Gasteiger partial charge in [0.2, 0.25) is 0 Å². The summed E-state index contributed by atoms with van der Waals surface area (Å²) in [6.45, 7) is 1.47. The highest BCUT2D eigenvalue weighted by Crippen LogP contribution is 2.30. The number of rotatable bonds is 6. The largest absolute Gasteiger partial charge is 0.457 e. The second-order valence-corrected chi connectivity index (χ2v) is 7.75. The van der Waals surface area contributed by atoms with Crippen molar-refractivity contribution >= 4 is 29.0 Å². The maximum atomic E-state index is 12.7. The molecule has 0 radical (unpaired) electrons. The van der Waals surface area contributed by atoms with E-state index in [0.29, 0.717) is 49.1 Å². The van der Waals surface area contributed by atoms with E-state index in [4.69, 9.17) is 9.94 Å². The van der Waals surface area contributed by atoms with Crippen LogP contribution in [-0.2, 0) is 0 Å². The minimum atomic E-state index is -0.833. The topological polar surface area (TPSA) is 137 Å². The van der Waals surface area contributed by atoms with Gasteiger partial charge in [0.15, 0.2) is 0 Å². The highest BCUT2D eigenvalue weighted by molar-refractivity contribution is 5.95. The third kappa shape index (κ3) is 5.65. The number of nitro groups is 1. The van der Waals surface area contributed by atoms with Gasteiger partial charge in [0.05, 0.1) is 4.92 Å². The fourth-order valence-corrected chi connectivity index (χ4v) is 3.73. The number of amides is 3. The standard InChI is InChI=1S/C24H23N5O6/c30-23(26-32)17-6-11-21(22(16-17)29(33)34)27-12-14-28(15-13-27)24(31)25-18-7-9-20(10-8-18)35-19-4-2-1-3-5-19/h1-11,16,32H,12-15H2,(H,25,31)(H,26,30). The van der Waals surface area contributed by atoms with Gasteiger partial charge < -0.3 is 19.9 Å². The van der Waals surface area contributed by atoms with Gasteiger partial charge in [-0.2, -0.15) is 0 Å². The number of piperazine rings is 1. The van der Waals surface area contributed by atoms with E-state index in [2.05, 4.69) is 5.32 Å². The summed E-state index contributed by atoms with van der Waals surface area (Å²) < 4.78 is 5.75. The molecule has 180 valence electrons. The number of hydroxylamine groups is 1. The molecular formula is C24H23N5O6. The van der Waals surface area contributed by atoms with Crippen molar-refractivity contribution in [2.75, 3.05) is 36.4 Å². The molecule has 11 heteroatoms. The van der Waals surface area contributed by atoms with E-state index < -0.39 is 10.8 Å². The van der Waals surface area contributed by atoms with Crippen LogP contribution in [0.5, 0.6) is 11.5 Å². The second kappa shape index (κ2) is 10.5. The first kappa shape index (κ1) is 23.5. The summed E-state index contributed by atoms with van der Waals surface area (Å²) in [4.78, 5) is 38.7. The van der Waals surface area contributed by atoms with Crippen LogP contribution in [0, 0.1) is 10.1 Å². The van der Waals surface area contributed by atoms with Crippen LogP contribution in [0.25, 0.3) is 0 Å². The van der Waals surface area contributed by atoms with E-state index in [-0.39, 0.29) is 17.3 Å². The fraction of sp³-hybridized carbons (Fsp3) is 0.167. The average Bonchev–Trinajstić information content (AvgIpc) is 2.89. The van der Waals surface area contributed by atoms with E-state index in [1.807, 2.05) is 30.3 Å². The zero-order chi connectivity index (χ0) is 24.8. The molecule has 4 rings (SSSR count). The number of benzene rings is 3. The molecule has 0 aromatic heterocycles. The molecule has 3 aromatic carbocycles. The molecule has 1 saturated heterocycles. The minimum absolute atomic E-state index is 0.0267. The van der Waals surface area contributed by atoms with Crippen molar-refractivity contribution in [1.82, 2.24) is 10.4 Å². The first-order valence-corrected chi connectivity index (χ1v) is 10.8. The number of carbonyl (C=O) groups excluding carboxylic acids is 2. The van der Waals surface area contributed by atoms with Crippen LogP contribution in [0.3, 0.4) is 0 Å². The van der Waals surface area contributed by atoms with Gasteiger partial charge in [-0.15, -0.1) is 0 Å². The SMILES string of the molecule is O=C(NO)c1ccc(N2CCN(C(=O)Nc3ccc(Oc4ccccc4)cc3)CC2)c([N+](=O)[O-])c1. The number of urea groups is 1. The molecule has 1 heterocycles. The molecule has 1 fully saturated rings. The van der Waals surface area contributed by atoms with Crippen LogP contribution < -0.4 is 20.4 Å². The zero-order valence-electron chi connectivity index (χ0n) is 18.6. The van der Waals surface area contributed by atoms with Crippen LogP contribution in [0.1, 0.15) is 10.4 Å². The van der Waals surface area contributed by atoms with Crippen LogP contribution in [0.15, 0.2) is 72.8 Å². The van der Waals surface area contributed by atoms with Gasteiger partial charge >= 0.3 is 6.03 Å². The molecule has 3 aromatic rings. The van der Waals surface area contributed by atoms with E-state index in [1.54, 1.807) is 34.1 Å². The van der Waals surface area contributed by atoms with Gasteiger partial charge in [-0.1, -0.05) is 18.2 Å². The number of para-hydroxylation sites is 1. The molecule has 3 N–H and O–H groups in total. The number of nitrogens with one attached hydrogen (secondary N) is 2. The highest BCUT2D eigenvalue weighted by Gasteiger charge is 2.27. The Morgan fingerprint density at radius 1 is 0.914 bits per heavy atom. The van der Waals surface area contributed by atoms with Crippen LogP contribution in [0.4, 0.5) is 21.9 Å². The molecule has 3 amide bonds. The number of ether oxygens (including phenoxy) is 1. The number of anilines is 2. The molecule has 0 bridgehead atoms. The minimum Gasteiger partial charge on any atom is -0.457 e. The summed E-state index contributed by atoms with van der Waals surface area (Å²) in [5.74, 6) is 0.529. The van der Waals surface area contributed by atoms with E-state index in [9.17, 15) is 19.7 Å². The normalized spacial score (nSPS) is 13.2. The van der Waals surface area contributed by atoms with E-state index >= 15 is 0 Å². The second-order valence-electron chi connectivity index (χ2n) is 7.75. The van der Waals surface area contributed by atoms with Crippen molar-refractivity contribution in [3.05, 3.63) is 88.5 Å². The molecule has 0 aliphatic carbocycles. The predicted octanol–water partition coefficient (Wildman–Crippen LogP) is 3.86. The number of nitro benzene ring substituents is 1. The molecule has 0 unspecified atom stereocenters. The number of hydrogen-bond donors (Lipinski definition) is 3. The summed E-state index contributed by atoms with van der Waals surface area (Å²) in [6.07, 6.45) is 0. The van der Waals surface area contributed by atoms with Crippen molar-refractivity contribution in [2.24, 2.45) is 0 Å². The Morgan fingerprint density at radius 3 is 2.20 bits per heavy atom. The summed E-state index contributed by atoms with van der Waals surface area (Å²) >= 11 is 0. The first-order valence-electron chi connectivity index (χ1n) is 10.8. The van der Waals surface area contributed by atoms with Crippen molar-refractivity contribution in [2.45, 2.75) is 0 Å². The van der Waals surface area contributed by atoms with Gasteiger partial charge in [0.25, 0.3) is 11.6 Å². The quantitative estimate of drug-likeness (QED) is 0.278. The van der Waals surface area contributed by atoms with Crippen molar-refractivity contribution in [3.8, 4) is 11.5 Å². The number of carbonyl (C=O) groups is 2. The Balaban J connectivity index is 1.34. The fourth-order valence-electron chi connectivity index (χ4n) is 3.73. The molecule has 1 aliphatic rings. The molecule has 0 atom stereocenters. The summed E-state index contributed by atoms with van der Waals surface area (Å²) in [7, 11) is 0. The monoisotopic (exact) mass is 477 g/mol. The Bertz CT molecular complexity index is 1210. The lowest BCUT2D eigenvalue weighted by Crippen LogP contribution is -2.50. The van der Waals surface area contributed by atoms with Gasteiger partial charge in [-0.05, 0) is 48.5 Å².